The number of hydrogen-bond acceptors (Lipinski definition) is 7. The molecular formula is C29H24F9N5O4S. The summed E-state index contributed by atoms with van der Waals surface area (Å²) >= 11 is 0. The number of carbonyl (C=O) groups excluding carboxylic acids is 1. The van der Waals surface area contributed by atoms with Crippen LogP contribution in [0.5, 0.6) is 5.75 Å². The lowest BCUT2D eigenvalue weighted by Crippen LogP contribution is -2.48. The maximum atomic E-state index is 14.1. The van der Waals surface area contributed by atoms with Gasteiger partial charge >= 0.3 is 18.5 Å². The fraction of sp³-hybridized carbons (Fsp3) is 0.414. The highest BCUT2D eigenvalue weighted by Gasteiger charge is 2.51. The van der Waals surface area contributed by atoms with Crippen LogP contribution < -0.4 is 15.0 Å². The van der Waals surface area contributed by atoms with Crippen LogP contribution in [0.15, 0.2) is 53.4 Å². The number of carbonyl (C=O) groups is 1. The lowest BCUT2D eigenvalue weighted by Gasteiger charge is -2.27. The van der Waals surface area contributed by atoms with Crippen LogP contribution in [-0.4, -0.2) is 60.3 Å². The molecule has 1 saturated carbocycles. The van der Waals surface area contributed by atoms with Gasteiger partial charge < -0.3 is 15.0 Å². The highest BCUT2D eigenvalue weighted by molar-refractivity contribution is 7.92. The number of nitriles is 1. The van der Waals surface area contributed by atoms with Crippen molar-refractivity contribution >= 4 is 21.6 Å². The van der Waals surface area contributed by atoms with Gasteiger partial charge in [0.25, 0.3) is 0 Å². The molecule has 2 aliphatic rings. The molecule has 5 rings (SSSR count). The number of anilines is 1. The lowest BCUT2D eigenvalue weighted by molar-refractivity contribution is -0.153. The summed E-state index contributed by atoms with van der Waals surface area (Å²) in [7, 11) is -4.99. The van der Waals surface area contributed by atoms with Gasteiger partial charge in [-0.15, -0.1) is 0 Å². The number of alkyl halides is 9. The number of amides is 1. The van der Waals surface area contributed by atoms with Crippen LogP contribution in [-0.2, 0) is 27.0 Å². The Kier molecular flexibility index (Phi) is 8.64. The number of halogens is 9. The average Bonchev–Trinajstić information content (AvgIpc) is 3.42. The van der Waals surface area contributed by atoms with Gasteiger partial charge in [0.05, 0.1) is 38.7 Å². The molecule has 19 heteroatoms. The van der Waals surface area contributed by atoms with E-state index in [1.165, 1.54) is 17.9 Å². The second-order valence-electron chi connectivity index (χ2n) is 11.4. The molecule has 258 valence electrons. The second kappa shape index (κ2) is 11.9. The van der Waals surface area contributed by atoms with Crippen molar-refractivity contribution in [2.45, 2.75) is 66.4 Å². The zero-order valence-corrected chi connectivity index (χ0v) is 25.4. The Hall–Kier alpha value is -4.47. The van der Waals surface area contributed by atoms with Gasteiger partial charge in [-0.2, -0.15) is 49.9 Å². The van der Waals surface area contributed by atoms with E-state index >= 15 is 0 Å². The summed E-state index contributed by atoms with van der Waals surface area (Å²) in [6.45, 7) is -1.02. The number of sulfone groups is 1. The molecule has 0 spiro atoms. The molecule has 0 unspecified atom stereocenters. The summed E-state index contributed by atoms with van der Waals surface area (Å²) in [5, 5.41) is 14.6. The number of aromatic nitrogens is 2. The van der Waals surface area contributed by atoms with Crippen molar-refractivity contribution in [2.75, 3.05) is 18.1 Å². The van der Waals surface area contributed by atoms with E-state index in [1.54, 1.807) is 0 Å². The molecule has 0 radical (unpaired) electrons. The lowest BCUT2D eigenvalue weighted by atomic mass is 10.1. The first-order valence-electron chi connectivity index (χ1n) is 14.0. The fourth-order valence-corrected chi connectivity index (χ4v) is 7.21. The predicted molar refractivity (Wildman–Crippen MR) is 149 cm³/mol. The van der Waals surface area contributed by atoms with Crippen molar-refractivity contribution in [2.24, 2.45) is 0 Å². The van der Waals surface area contributed by atoms with Crippen LogP contribution in [0.1, 0.15) is 36.1 Å². The quantitative estimate of drug-likeness (QED) is 0.296. The van der Waals surface area contributed by atoms with Gasteiger partial charge in [-0.3, -0.25) is 4.79 Å². The van der Waals surface area contributed by atoms with E-state index in [9.17, 15) is 58.0 Å². The number of hydrogen-bond donors (Lipinski definition) is 1. The van der Waals surface area contributed by atoms with Crippen LogP contribution >= 0.6 is 0 Å². The Balaban J connectivity index is 1.55. The Labute approximate surface area is 266 Å². The third kappa shape index (κ3) is 7.17. The minimum Gasteiger partial charge on any atom is -0.484 e. The summed E-state index contributed by atoms with van der Waals surface area (Å²) in [6, 6.07) is 6.96. The van der Waals surface area contributed by atoms with Crippen LogP contribution in [0.4, 0.5) is 45.3 Å². The van der Waals surface area contributed by atoms with Crippen molar-refractivity contribution in [1.29, 1.82) is 5.26 Å². The molecule has 9 nitrogen and oxygen atoms in total. The summed E-state index contributed by atoms with van der Waals surface area (Å²) in [6.07, 6.45) is -14.9. The molecule has 2 heterocycles. The Morgan fingerprint density at radius 2 is 1.67 bits per heavy atom. The number of ether oxygens (including phenoxy) is 1. The molecule has 2 atom stereocenters. The first-order valence-corrected chi connectivity index (χ1v) is 15.6. The highest BCUT2D eigenvalue weighted by Crippen LogP contribution is 2.42. The second-order valence-corrected chi connectivity index (χ2v) is 13.6. The van der Waals surface area contributed by atoms with E-state index in [0.29, 0.717) is 30.7 Å². The molecule has 1 amide bonds. The molecule has 2 fully saturated rings. The molecule has 1 aliphatic carbocycles. The van der Waals surface area contributed by atoms with Crippen LogP contribution in [0.3, 0.4) is 0 Å². The van der Waals surface area contributed by atoms with Crippen molar-refractivity contribution in [1.82, 2.24) is 15.1 Å². The molecule has 1 aliphatic heterocycles. The van der Waals surface area contributed by atoms with E-state index in [1.807, 2.05) is 6.07 Å². The van der Waals surface area contributed by atoms with Gasteiger partial charge in [0.15, 0.2) is 16.4 Å². The van der Waals surface area contributed by atoms with E-state index in [4.69, 9.17) is 0 Å². The standard InChI is InChI=1S/C29H24F9N5O4S/c1-16-10-24(43(41-16)18-4-2-17(3-5-18)28(33,34)35)42-13-20(12-22(42)25(44)40-26(14-39)8-9-26)48(45,46)23-7-6-19(47-15-27(30,31)32)11-21(23)29(36,37)38/h2-7,10-11,20,22H,8-9,12-13,15H2,1H3,(H,40,44)/t20-,22+/m1/s1. The zero-order chi connectivity index (χ0) is 35.4. The zero-order valence-electron chi connectivity index (χ0n) is 24.5. The predicted octanol–water partition coefficient (Wildman–Crippen LogP) is 5.75. The van der Waals surface area contributed by atoms with Gasteiger partial charge in [0, 0.05) is 12.6 Å². The molecular weight excluding hydrogens is 685 g/mol. The maximum absolute atomic E-state index is 14.1. The Bertz CT molecular complexity index is 1860. The van der Waals surface area contributed by atoms with Crippen LogP contribution in [0.2, 0.25) is 0 Å². The minimum absolute atomic E-state index is 0.0267. The summed E-state index contributed by atoms with van der Waals surface area (Å²) in [5.41, 5.74) is -3.60. The van der Waals surface area contributed by atoms with Crippen LogP contribution in [0.25, 0.3) is 5.69 Å². The van der Waals surface area contributed by atoms with E-state index in [-0.39, 0.29) is 17.6 Å². The molecule has 1 saturated heterocycles. The van der Waals surface area contributed by atoms with Gasteiger partial charge in [-0.25, -0.2) is 13.1 Å². The number of aryl methyl sites for hydroxylation is 1. The summed E-state index contributed by atoms with van der Waals surface area (Å²) < 4.78 is 153. The number of benzene rings is 2. The first kappa shape index (κ1) is 34.9. The topological polar surface area (TPSA) is 117 Å². The SMILES string of the molecule is Cc1cc(N2C[C@H](S(=O)(=O)c3ccc(OCC(F)(F)F)cc3C(F)(F)F)C[C@H]2C(=O)NC2(C#N)CC2)n(-c2ccc(C(F)(F)F)cc2)n1. The molecule has 0 bridgehead atoms. The van der Waals surface area contributed by atoms with E-state index < -0.39 is 92.4 Å². The van der Waals surface area contributed by atoms with Crippen molar-refractivity contribution in [3.05, 3.63) is 65.4 Å². The molecule has 2 aromatic carbocycles. The van der Waals surface area contributed by atoms with Gasteiger partial charge in [-0.05, 0) is 68.7 Å². The minimum atomic E-state index is -5.35. The average molecular weight is 710 g/mol. The van der Waals surface area contributed by atoms with Gasteiger partial charge in [0.1, 0.15) is 23.1 Å². The molecule has 1 aromatic heterocycles. The van der Waals surface area contributed by atoms with Gasteiger partial charge in [0.2, 0.25) is 5.91 Å². The molecule has 48 heavy (non-hydrogen) atoms. The van der Waals surface area contributed by atoms with E-state index in [2.05, 4.69) is 15.2 Å². The summed E-state index contributed by atoms with van der Waals surface area (Å²) in [4.78, 5) is 13.5. The van der Waals surface area contributed by atoms with Gasteiger partial charge in [-0.1, -0.05) is 0 Å². The monoisotopic (exact) mass is 709 g/mol. The normalized spacial score (nSPS) is 19.6. The third-order valence-corrected chi connectivity index (χ3v) is 10.0. The smallest absolute Gasteiger partial charge is 0.422 e. The van der Waals surface area contributed by atoms with E-state index in [0.717, 1.165) is 28.9 Å². The summed E-state index contributed by atoms with van der Waals surface area (Å²) in [5.74, 6) is -1.68. The van der Waals surface area contributed by atoms with Crippen molar-refractivity contribution in [3.63, 3.8) is 0 Å². The molecule has 3 aromatic rings. The number of rotatable bonds is 8. The number of nitrogens with zero attached hydrogens (tertiary/aromatic N) is 4. The number of nitrogens with one attached hydrogen (secondary N) is 1. The largest absolute Gasteiger partial charge is 0.484 e. The fourth-order valence-electron chi connectivity index (χ4n) is 5.32. The Morgan fingerprint density at radius 1 is 1.02 bits per heavy atom. The maximum Gasteiger partial charge on any atom is 0.422 e. The third-order valence-electron chi connectivity index (χ3n) is 7.84. The van der Waals surface area contributed by atoms with Crippen molar-refractivity contribution in [3.8, 4) is 17.5 Å². The van der Waals surface area contributed by atoms with Crippen LogP contribution in [0, 0.1) is 18.3 Å². The highest BCUT2D eigenvalue weighted by atomic mass is 32.2. The Morgan fingerprint density at radius 3 is 2.21 bits per heavy atom. The first-order chi connectivity index (χ1) is 22.1. The molecule has 1 N–H and O–H groups in total. The van der Waals surface area contributed by atoms with Crippen molar-refractivity contribution < 1.29 is 57.5 Å².